The number of phenolic OH excluding ortho intramolecular Hbond substituents is 1. The number of phenols is 1. The molecule has 1 heterocycles. The molecule has 88 valence electrons. The van der Waals surface area contributed by atoms with Crippen LogP contribution in [0.5, 0.6) is 5.75 Å². The van der Waals surface area contributed by atoms with E-state index >= 15 is 0 Å². The molecule has 0 spiro atoms. The number of hydrogen-bond acceptors (Lipinski definition) is 6. The summed E-state index contributed by atoms with van der Waals surface area (Å²) in [5.74, 6) is 1.02. The van der Waals surface area contributed by atoms with Crippen LogP contribution in [0, 0.1) is 0 Å². The Hall–Kier alpha value is -2.37. The molecule has 0 saturated heterocycles. The van der Waals surface area contributed by atoms with Crippen LogP contribution in [0.3, 0.4) is 0 Å². The zero-order valence-corrected chi connectivity index (χ0v) is 9.17. The lowest BCUT2D eigenvalue weighted by Crippen LogP contribution is -2.07. The Bertz CT molecular complexity index is 509. The first-order chi connectivity index (χ1) is 8.15. The molecule has 0 unspecified atom stereocenters. The molecule has 1 aromatic heterocycles. The van der Waals surface area contributed by atoms with Gasteiger partial charge in [0, 0.05) is 6.42 Å². The first kappa shape index (κ1) is 11.1. The van der Waals surface area contributed by atoms with Crippen LogP contribution in [0.15, 0.2) is 24.3 Å². The maximum Gasteiger partial charge on any atom is 0.225 e. The summed E-state index contributed by atoms with van der Waals surface area (Å²) in [6, 6.07) is 7.14. The van der Waals surface area contributed by atoms with E-state index in [0.717, 1.165) is 5.56 Å². The Kier molecular flexibility index (Phi) is 3.04. The topological polar surface area (TPSA) is 111 Å². The van der Waals surface area contributed by atoms with Crippen molar-refractivity contribution >= 4 is 11.9 Å². The summed E-state index contributed by atoms with van der Waals surface area (Å²) >= 11 is 0. The number of para-hydroxylation sites is 1. The molecular formula is C11H13N5O. The van der Waals surface area contributed by atoms with Crippen LogP contribution in [-0.2, 0) is 12.8 Å². The van der Waals surface area contributed by atoms with E-state index in [1.807, 2.05) is 12.1 Å². The van der Waals surface area contributed by atoms with E-state index in [1.54, 1.807) is 12.1 Å². The zero-order valence-electron chi connectivity index (χ0n) is 9.17. The molecule has 0 radical (unpaired) electrons. The molecule has 1 aromatic carbocycles. The summed E-state index contributed by atoms with van der Waals surface area (Å²) in [6.45, 7) is 0. The Morgan fingerprint density at radius 3 is 2.24 bits per heavy atom. The fraction of sp³-hybridized carbons (Fsp3) is 0.182. The van der Waals surface area contributed by atoms with Gasteiger partial charge in [-0.2, -0.15) is 15.0 Å². The molecule has 0 aliphatic carbocycles. The highest BCUT2D eigenvalue weighted by molar-refractivity contribution is 5.32. The smallest absolute Gasteiger partial charge is 0.225 e. The van der Waals surface area contributed by atoms with Crippen molar-refractivity contribution in [2.24, 2.45) is 0 Å². The van der Waals surface area contributed by atoms with Crippen molar-refractivity contribution in [3.05, 3.63) is 35.7 Å². The standard InChI is InChI=1S/C11H13N5O/c12-10-14-9(15-11(13)16-10)6-5-7-3-1-2-4-8(7)17/h1-4,17H,5-6H2,(H4,12,13,14,15,16). The van der Waals surface area contributed by atoms with Crippen LogP contribution in [0.2, 0.25) is 0 Å². The lowest BCUT2D eigenvalue weighted by atomic mass is 10.1. The highest BCUT2D eigenvalue weighted by atomic mass is 16.3. The van der Waals surface area contributed by atoms with E-state index in [9.17, 15) is 5.11 Å². The molecule has 0 aliphatic heterocycles. The predicted octanol–water partition coefficient (Wildman–Crippen LogP) is 0.527. The van der Waals surface area contributed by atoms with Crippen LogP contribution in [0.25, 0.3) is 0 Å². The normalized spacial score (nSPS) is 10.4. The maximum absolute atomic E-state index is 9.60. The van der Waals surface area contributed by atoms with E-state index in [4.69, 9.17) is 11.5 Å². The largest absolute Gasteiger partial charge is 0.508 e. The number of aromatic hydroxyl groups is 1. The Balaban J connectivity index is 2.10. The molecule has 2 aromatic rings. The van der Waals surface area contributed by atoms with Crippen LogP contribution < -0.4 is 11.5 Å². The van der Waals surface area contributed by atoms with Crippen molar-refractivity contribution in [2.45, 2.75) is 12.8 Å². The molecule has 0 saturated carbocycles. The average molecular weight is 231 g/mol. The summed E-state index contributed by atoms with van der Waals surface area (Å²) in [5.41, 5.74) is 11.8. The third-order valence-electron chi connectivity index (χ3n) is 2.33. The van der Waals surface area contributed by atoms with Gasteiger partial charge in [-0.1, -0.05) is 18.2 Å². The van der Waals surface area contributed by atoms with Crippen molar-refractivity contribution in [3.63, 3.8) is 0 Å². The fourth-order valence-corrected chi connectivity index (χ4v) is 1.54. The summed E-state index contributed by atoms with van der Waals surface area (Å²) in [7, 11) is 0. The van der Waals surface area contributed by atoms with Gasteiger partial charge in [-0.15, -0.1) is 0 Å². The van der Waals surface area contributed by atoms with Crippen molar-refractivity contribution in [3.8, 4) is 5.75 Å². The lowest BCUT2D eigenvalue weighted by molar-refractivity contribution is 0.467. The minimum atomic E-state index is 0.116. The first-order valence-corrected chi connectivity index (χ1v) is 5.18. The molecule has 2 rings (SSSR count). The van der Waals surface area contributed by atoms with Gasteiger partial charge >= 0.3 is 0 Å². The van der Waals surface area contributed by atoms with Crippen LogP contribution in [-0.4, -0.2) is 20.1 Å². The third kappa shape index (κ3) is 2.81. The number of nitrogens with zero attached hydrogens (tertiary/aromatic N) is 3. The van der Waals surface area contributed by atoms with E-state index in [-0.39, 0.29) is 17.6 Å². The van der Waals surface area contributed by atoms with Crippen molar-refractivity contribution in [1.29, 1.82) is 0 Å². The van der Waals surface area contributed by atoms with Gasteiger partial charge in [0.15, 0.2) is 0 Å². The number of anilines is 2. The second kappa shape index (κ2) is 4.65. The SMILES string of the molecule is Nc1nc(N)nc(CCc2ccccc2O)n1. The van der Waals surface area contributed by atoms with E-state index in [2.05, 4.69) is 15.0 Å². The lowest BCUT2D eigenvalue weighted by Gasteiger charge is -2.04. The number of aryl methyl sites for hydroxylation is 2. The molecule has 0 aliphatic rings. The molecule has 0 atom stereocenters. The van der Waals surface area contributed by atoms with Gasteiger partial charge in [0.05, 0.1) is 0 Å². The molecule has 5 N–H and O–H groups in total. The molecule has 0 fully saturated rings. The van der Waals surface area contributed by atoms with Gasteiger partial charge in [0.25, 0.3) is 0 Å². The van der Waals surface area contributed by atoms with E-state index in [1.165, 1.54) is 0 Å². The highest BCUT2D eigenvalue weighted by Gasteiger charge is 2.04. The molecular weight excluding hydrogens is 218 g/mol. The predicted molar refractivity (Wildman–Crippen MR) is 64.2 cm³/mol. The van der Waals surface area contributed by atoms with Gasteiger partial charge in [-0.3, -0.25) is 0 Å². The molecule has 6 nitrogen and oxygen atoms in total. The van der Waals surface area contributed by atoms with Gasteiger partial charge < -0.3 is 16.6 Å². The second-order valence-electron chi connectivity index (χ2n) is 3.60. The highest BCUT2D eigenvalue weighted by Crippen LogP contribution is 2.17. The van der Waals surface area contributed by atoms with Gasteiger partial charge in [0.1, 0.15) is 11.6 Å². The molecule has 0 bridgehead atoms. The average Bonchev–Trinajstić information content (AvgIpc) is 2.27. The zero-order chi connectivity index (χ0) is 12.3. The Morgan fingerprint density at radius 2 is 1.59 bits per heavy atom. The first-order valence-electron chi connectivity index (χ1n) is 5.18. The van der Waals surface area contributed by atoms with Crippen molar-refractivity contribution in [2.75, 3.05) is 11.5 Å². The van der Waals surface area contributed by atoms with E-state index < -0.39 is 0 Å². The monoisotopic (exact) mass is 231 g/mol. The Labute approximate surface area is 98.4 Å². The summed E-state index contributed by atoms with van der Waals surface area (Å²) in [5, 5.41) is 9.60. The Morgan fingerprint density at radius 1 is 0.941 bits per heavy atom. The van der Waals surface area contributed by atoms with Gasteiger partial charge in [-0.25, -0.2) is 0 Å². The van der Waals surface area contributed by atoms with Gasteiger partial charge in [-0.05, 0) is 18.1 Å². The fourth-order valence-electron chi connectivity index (χ4n) is 1.54. The third-order valence-corrected chi connectivity index (χ3v) is 2.33. The summed E-state index contributed by atoms with van der Waals surface area (Å²) < 4.78 is 0. The second-order valence-corrected chi connectivity index (χ2v) is 3.60. The van der Waals surface area contributed by atoms with Crippen molar-refractivity contribution < 1.29 is 5.11 Å². The van der Waals surface area contributed by atoms with Crippen molar-refractivity contribution in [1.82, 2.24) is 15.0 Å². The quantitative estimate of drug-likeness (QED) is 0.710. The molecule has 6 heteroatoms. The number of aromatic nitrogens is 3. The summed E-state index contributed by atoms with van der Waals surface area (Å²) in [4.78, 5) is 11.6. The maximum atomic E-state index is 9.60. The minimum absolute atomic E-state index is 0.116. The number of hydrogen-bond donors (Lipinski definition) is 3. The number of nitrogens with two attached hydrogens (primary N) is 2. The number of benzene rings is 1. The van der Waals surface area contributed by atoms with Crippen LogP contribution in [0.1, 0.15) is 11.4 Å². The number of rotatable bonds is 3. The molecule has 17 heavy (non-hydrogen) atoms. The van der Waals surface area contributed by atoms with Gasteiger partial charge in [0.2, 0.25) is 11.9 Å². The minimum Gasteiger partial charge on any atom is -0.508 e. The van der Waals surface area contributed by atoms with E-state index in [0.29, 0.717) is 18.7 Å². The number of nitrogen functional groups attached to an aromatic ring is 2. The van der Waals surface area contributed by atoms with Crippen LogP contribution >= 0.6 is 0 Å². The van der Waals surface area contributed by atoms with Crippen LogP contribution in [0.4, 0.5) is 11.9 Å². The summed E-state index contributed by atoms with van der Waals surface area (Å²) in [6.07, 6.45) is 1.17. The molecule has 0 amide bonds.